The van der Waals surface area contributed by atoms with Gasteiger partial charge in [0.1, 0.15) is 5.82 Å². The summed E-state index contributed by atoms with van der Waals surface area (Å²) in [6, 6.07) is 3.62. The van der Waals surface area contributed by atoms with Crippen molar-refractivity contribution in [1.82, 2.24) is 14.9 Å². The molecule has 26 heavy (non-hydrogen) atoms. The Morgan fingerprint density at radius 3 is 2.85 bits per heavy atom. The molecule has 144 valence electrons. The van der Waals surface area contributed by atoms with Crippen LogP contribution < -0.4 is 10.6 Å². The number of carbonyl (C=O) groups excluding carboxylic acids is 1. The van der Waals surface area contributed by atoms with Gasteiger partial charge in [0.15, 0.2) is 0 Å². The largest absolute Gasteiger partial charge is 0.354 e. The lowest BCUT2D eigenvalue weighted by Crippen LogP contribution is -2.46. The van der Waals surface area contributed by atoms with Gasteiger partial charge in [-0.05, 0) is 68.8 Å². The van der Waals surface area contributed by atoms with E-state index in [-0.39, 0.29) is 22.8 Å². The Labute approximate surface area is 154 Å². The number of hydrogen-bond donors (Lipinski definition) is 2. The summed E-state index contributed by atoms with van der Waals surface area (Å²) in [5.41, 5.74) is 0.410. The molecule has 1 aromatic rings. The predicted octanol–water partition coefficient (Wildman–Crippen LogP) is 1.40. The highest BCUT2D eigenvalue weighted by molar-refractivity contribution is 7.89. The van der Waals surface area contributed by atoms with Crippen LogP contribution in [0.15, 0.2) is 23.1 Å². The minimum atomic E-state index is -3.65. The number of rotatable bonds is 5. The summed E-state index contributed by atoms with van der Waals surface area (Å²) in [7, 11) is -3.65. The Balaban J connectivity index is 1.62. The van der Waals surface area contributed by atoms with Crippen LogP contribution in [0.25, 0.3) is 0 Å². The highest BCUT2D eigenvalue weighted by Gasteiger charge is 2.32. The lowest BCUT2D eigenvalue weighted by molar-refractivity contribution is -0.123. The van der Waals surface area contributed by atoms with Crippen molar-refractivity contribution >= 4 is 15.9 Å². The van der Waals surface area contributed by atoms with Gasteiger partial charge in [0.05, 0.1) is 10.9 Å². The second-order valence-electron chi connectivity index (χ2n) is 7.18. The summed E-state index contributed by atoms with van der Waals surface area (Å²) in [5, 5.41) is 6.11. The number of aryl methyl sites for hydroxylation is 1. The van der Waals surface area contributed by atoms with E-state index in [2.05, 4.69) is 10.6 Å². The fourth-order valence-corrected chi connectivity index (χ4v) is 5.49. The van der Waals surface area contributed by atoms with Crippen LogP contribution in [0, 0.1) is 18.7 Å². The maximum Gasteiger partial charge on any atom is 0.243 e. The third-order valence-corrected chi connectivity index (χ3v) is 7.20. The first-order chi connectivity index (χ1) is 12.4. The average Bonchev–Trinajstić information content (AvgIpc) is 3.14. The van der Waals surface area contributed by atoms with E-state index in [1.54, 1.807) is 6.92 Å². The van der Waals surface area contributed by atoms with Crippen molar-refractivity contribution in [3.63, 3.8) is 0 Å². The zero-order chi connectivity index (χ0) is 18.7. The molecule has 3 rings (SSSR count). The SMILES string of the molecule is Cc1cc(F)ccc1S(=O)(=O)N1CCCC(CNC(=O)C2CCCN2)C1. The molecule has 0 saturated carbocycles. The van der Waals surface area contributed by atoms with Crippen LogP contribution in [-0.2, 0) is 14.8 Å². The van der Waals surface area contributed by atoms with Crippen molar-refractivity contribution in [2.75, 3.05) is 26.2 Å². The molecule has 1 amide bonds. The van der Waals surface area contributed by atoms with Crippen molar-refractivity contribution in [2.24, 2.45) is 5.92 Å². The Morgan fingerprint density at radius 1 is 1.35 bits per heavy atom. The number of hydrogen-bond acceptors (Lipinski definition) is 4. The van der Waals surface area contributed by atoms with Crippen LogP contribution in [0.4, 0.5) is 4.39 Å². The van der Waals surface area contributed by atoms with Gasteiger partial charge in [0, 0.05) is 19.6 Å². The van der Waals surface area contributed by atoms with E-state index >= 15 is 0 Å². The minimum Gasteiger partial charge on any atom is -0.354 e. The molecule has 6 nitrogen and oxygen atoms in total. The van der Waals surface area contributed by atoms with Gasteiger partial charge in [0.25, 0.3) is 0 Å². The van der Waals surface area contributed by atoms with Crippen molar-refractivity contribution in [2.45, 2.75) is 43.5 Å². The first-order valence-corrected chi connectivity index (χ1v) is 10.6. The zero-order valence-electron chi connectivity index (χ0n) is 15.0. The molecule has 0 aliphatic carbocycles. The average molecular weight is 383 g/mol. The van der Waals surface area contributed by atoms with Gasteiger partial charge in [0.2, 0.25) is 15.9 Å². The molecule has 0 bridgehead atoms. The van der Waals surface area contributed by atoms with Crippen molar-refractivity contribution < 1.29 is 17.6 Å². The molecule has 1 aromatic carbocycles. The van der Waals surface area contributed by atoms with Crippen LogP contribution in [0.1, 0.15) is 31.2 Å². The Hall–Kier alpha value is -1.51. The third-order valence-electron chi connectivity index (χ3n) is 5.18. The Kier molecular flexibility index (Phi) is 5.94. The van der Waals surface area contributed by atoms with E-state index in [0.717, 1.165) is 32.2 Å². The molecule has 2 atom stereocenters. The Morgan fingerprint density at radius 2 is 2.15 bits per heavy atom. The summed E-state index contributed by atoms with van der Waals surface area (Å²) < 4.78 is 40.6. The van der Waals surface area contributed by atoms with E-state index in [4.69, 9.17) is 0 Å². The van der Waals surface area contributed by atoms with Gasteiger partial charge in [-0.1, -0.05) is 0 Å². The quantitative estimate of drug-likeness (QED) is 0.806. The van der Waals surface area contributed by atoms with Crippen molar-refractivity contribution in [3.8, 4) is 0 Å². The van der Waals surface area contributed by atoms with Gasteiger partial charge < -0.3 is 10.6 Å². The van der Waals surface area contributed by atoms with E-state index in [1.165, 1.54) is 22.5 Å². The van der Waals surface area contributed by atoms with E-state index in [1.807, 2.05) is 0 Å². The second kappa shape index (κ2) is 8.02. The number of benzene rings is 1. The number of sulfonamides is 1. The molecule has 0 radical (unpaired) electrons. The molecule has 0 aromatic heterocycles. The maximum atomic E-state index is 13.3. The normalized spacial score (nSPS) is 24.5. The van der Waals surface area contributed by atoms with Crippen LogP contribution in [-0.4, -0.2) is 50.9 Å². The molecule has 2 unspecified atom stereocenters. The number of amides is 1. The number of nitrogens with zero attached hydrogens (tertiary/aromatic N) is 1. The first-order valence-electron chi connectivity index (χ1n) is 9.15. The van der Waals surface area contributed by atoms with Gasteiger partial charge >= 0.3 is 0 Å². The lowest BCUT2D eigenvalue weighted by atomic mass is 9.99. The Bertz CT molecular complexity index is 763. The highest BCUT2D eigenvalue weighted by Crippen LogP contribution is 2.26. The molecule has 2 aliphatic rings. The highest BCUT2D eigenvalue weighted by atomic mass is 32.2. The van der Waals surface area contributed by atoms with Gasteiger partial charge in [-0.25, -0.2) is 12.8 Å². The molecule has 2 aliphatic heterocycles. The standard InChI is InChI=1S/C18H26FN3O3S/c1-13-10-15(19)6-7-17(13)26(24,25)22-9-3-4-14(12-22)11-21-18(23)16-5-2-8-20-16/h6-7,10,14,16,20H,2-5,8-9,11-12H2,1H3,(H,21,23). The molecular weight excluding hydrogens is 357 g/mol. The van der Waals surface area contributed by atoms with Crippen LogP contribution in [0.2, 0.25) is 0 Å². The number of piperidine rings is 1. The minimum absolute atomic E-state index is 0.00291. The predicted molar refractivity (Wildman–Crippen MR) is 96.7 cm³/mol. The lowest BCUT2D eigenvalue weighted by Gasteiger charge is -2.32. The summed E-state index contributed by atoms with van der Waals surface area (Å²) in [4.78, 5) is 12.3. The fourth-order valence-electron chi connectivity index (χ4n) is 3.73. The fraction of sp³-hybridized carbons (Fsp3) is 0.611. The summed E-state index contributed by atoms with van der Waals surface area (Å²) >= 11 is 0. The van der Waals surface area contributed by atoms with E-state index < -0.39 is 15.8 Å². The van der Waals surface area contributed by atoms with Gasteiger partial charge in [-0.15, -0.1) is 0 Å². The summed E-state index contributed by atoms with van der Waals surface area (Å²) in [6.45, 7) is 3.77. The van der Waals surface area contributed by atoms with Crippen LogP contribution in [0.3, 0.4) is 0 Å². The molecule has 2 heterocycles. The van der Waals surface area contributed by atoms with Gasteiger partial charge in [-0.3, -0.25) is 4.79 Å². The maximum absolute atomic E-state index is 13.3. The zero-order valence-corrected chi connectivity index (χ0v) is 15.8. The third kappa shape index (κ3) is 4.24. The summed E-state index contributed by atoms with van der Waals surface area (Å²) in [6.07, 6.45) is 3.49. The van der Waals surface area contributed by atoms with E-state index in [9.17, 15) is 17.6 Å². The first kappa shape index (κ1) is 19.3. The molecular formula is C18H26FN3O3S. The smallest absolute Gasteiger partial charge is 0.243 e. The number of halogens is 1. The van der Waals surface area contributed by atoms with Gasteiger partial charge in [-0.2, -0.15) is 4.31 Å². The molecule has 2 fully saturated rings. The topological polar surface area (TPSA) is 78.5 Å². The molecule has 2 saturated heterocycles. The molecule has 8 heteroatoms. The van der Waals surface area contributed by atoms with Crippen molar-refractivity contribution in [1.29, 1.82) is 0 Å². The van der Waals surface area contributed by atoms with E-state index in [0.29, 0.717) is 25.2 Å². The number of nitrogens with one attached hydrogen (secondary N) is 2. The monoisotopic (exact) mass is 383 g/mol. The van der Waals surface area contributed by atoms with Crippen molar-refractivity contribution in [3.05, 3.63) is 29.6 Å². The van der Waals surface area contributed by atoms with Crippen LogP contribution >= 0.6 is 0 Å². The number of carbonyl (C=O) groups is 1. The molecule has 2 N–H and O–H groups in total. The molecule has 0 spiro atoms. The van der Waals surface area contributed by atoms with Crippen LogP contribution in [0.5, 0.6) is 0 Å². The summed E-state index contributed by atoms with van der Waals surface area (Å²) in [5.74, 6) is -0.359. The second-order valence-corrected chi connectivity index (χ2v) is 9.08.